The third-order valence-corrected chi connectivity index (χ3v) is 4.85. The third-order valence-electron chi connectivity index (χ3n) is 3.81. The molecular weight excluding hydrogens is 316 g/mol. The zero-order chi connectivity index (χ0) is 15.8. The molecule has 1 aliphatic carbocycles. The molecule has 3 aromatic rings. The molecule has 0 aromatic carbocycles. The minimum Gasteiger partial charge on any atom is -0.343 e. The molecule has 1 unspecified atom stereocenters. The lowest BCUT2D eigenvalue weighted by Gasteiger charge is -2.22. The summed E-state index contributed by atoms with van der Waals surface area (Å²) >= 11 is 1.71. The maximum absolute atomic E-state index is 12.6. The van der Waals surface area contributed by atoms with E-state index in [1.807, 2.05) is 6.92 Å². The lowest BCUT2D eigenvalue weighted by molar-refractivity contribution is 0.0932. The minimum absolute atomic E-state index is 0.0622. The Labute approximate surface area is 135 Å². The van der Waals surface area contributed by atoms with Gasteiger partial charge >= 0.3 is 0 Å². The molecular formula is C13H14N8OS. The number of fused-ring (bicyclic) bond motifs is 1. The lowest BCUT2D eigenvalue weighted by atomic mass is 9.97. The summed E-state index contributed by atoms with van der Waals surface area (Å²) in [6.45, 7) is 1.99. The summed E-state index contributed by atoms with van der Waals surface area (Å²) < 4.78 is 1.38. The highest BCUT2D eigenvalue weighted by Crippen LogP contribution is 2.33. The van der Waals surface area contributed by atoms with Gasteiger partial charge in [0.2, 0.25) is 0 Å². The molecule has 23 heavy (non-hydrogen) atoms. The first-order chi connectivity index (χ1) is 11.2. The Kier molecular flexibility index (Phi) is 3.37. The van der Waals surface area contributed by atoms with E-state index in [1.165, 1.54) is 22.1 Å². The molecule has 0 spiro atoms. The van der Waals surface area contributed by atoms with E-state index in [9.17, 15) is 4.79 Å². The number of amides is 1. The zero-order valence-corrected chi connectivity index (χ0v) is 13.2. The van der Waals surface area contributed by atoms with Crippen molar-refractivity contribution < 1.29 is 4.79 Å². The summed E-state index contributed by atoms with van der Waals surface area (Å²) in [5.41, 5.74) is 1.40. The summed E-state index contributed by atoms with van der Waals surface area (Å²) in [6, 6.07) is -0.0622. The van der Waals surface area contributed by atoms with Crippen molar-refractivity contribution in [2.75, 3.05) is 0 Å². The van der Waals surface area contributed by atoms with Gasteiger partial charge in [0.15, 0.2) is 5.82 Å². The van der Waals surface area contributed by atoms with Gasteiger partial charge in [-0.25, -0.2) is 4.98 Å². The summed E-state index contributed by atoms with van der Waals surface area (Å²) in [5.74, 6) is 0.228. The van der Waals surface area contributed by atoms with Gasteiger partial charge in [0.25, 0.3) is 5.91 Å². The highest BCUT2D eigenvalue weighted by Gasteiger charge is 2.27. The van der Waals surface area contributed by atoms with Crippen molar-refractivity contribution in [1.82, 2.24) is 40.7 Å². The van der Waals surface area contributed by atoms with Crippen LogP contribution in [0.25, 0.3) is 5.82 Å². The van der Waals surface area contributed by atoms with E-state index >= 15 is 0 Å². The van der Waals surface area contributed by atoms with E-state index in [-0.39, 0.29) is 11.9 Å². The fourth-order valence-corrected chi connectivity index (χ4v) is 3.84. The monoisotopic (exact) mass is 330 g/mol. The number of hydrogen-bond donors (Lipinski definition) is 2. The van der Waals surface area contributed by atoms with E-state index in [1.54, 1.807) is 11.3 Å². The van der Waals surface area contributed by atoms with E-state index < -0.39 is 0 Å². The van der Waals surface area contributed by atoms with Gasteiger partial charge in [-0.05, 0) is 36.6 Å². The van der Waals surface area contributed by atoms with Crippen LogP contribution in [0.15, 0.2) is 12.5 Å². The Morgan fingerprint density at radius 1 is 1.52 bits per heavy atom. The topological polar surface area (TPSA) is 114 Å². The fourth-order valence-electron chi connectivity index (χ4n) is 2.80. The van der Waals surface area contributed by atoms with E-state index in [0.29, 0.717) is 11.4 Å². The van der Waals surface area contributed by atoms with E-state index in [4.69, 9.17) is 0 Å². The number of H-pyrrole nitrogens is 1. The van der Waals surface area contributed by atoms with Gasteiger partial charge in [0, 0.05) is 4.88 Å². The van der Waals surface area contributed by atoms with Crippen molar-refractivity contribution in [3.8, 4) is 5.82 Å². The Morgan fingerprint density at radius 2 is 2.43 bits per heavy atom. The van der Waals surface area contributed by atoms with Crippen LogP contribution in [-0.4, -0.2) is 41.3 Å². The Bertz CT molecular complexity index is 836. The minimum atomic E-state index is -0.215. The van der Waals surface area contributed by atoms with Gasteiger partial charge in [-0.3, -0.25) is 9.89 Å². The molecule has 0 bridgehead atoms. The summed E-state index contributed by atoms with van der Waals surface area (Å²) in [7, 11) is 0. The maximum Gasteiger partial charge on any atom is 0.257 e. The smallest absolute Gasteiger partial charge is 0.257 e. The van der Waals surface area contributed by atoms with Crippen LogP contribution in [0.3, 0.4) is 0 Å². The van der Waals surface area contributed by atoms with Crippen LogP contribution in [0.1, 0.15) is 44.8 Å². The molecule has 9 nitrogen and oxygen atoms in total. The van der Waals surface area contributed by atoms with Crippen LogP contribution >= 0.6 is 11.3 Å². The highest BCUT2D eigenvalue weighted by atomic mass is 32.1. The van der Waals surface area contributed by atoms with E-state index in [0.717, 1.165) is 30.0 Å². The molecule has 118 valence electrons. The van der Waals surface area contributed by atoms with E-state index in [2.05, 4.69) is 36.0 Å². The quantitative estimate of drug-likeness (QED) is 0.739. The van der Waals surface area contributed by atoms with Crippen molar-refractivity contribution in [2.45, 2.75) is 32.2 Å². The number of aryl methyl sites for hydroxylation is 2. The molecule has 2 N–H and O–H groups in total. The molecule has 0 fully saturated rings. The summed E-state index contributed by atoms with van der Waals surface area (Å²) in [6.07, 6.45) is 5.86. The van der Waals surface area contributed by atoms with Gasteiger partial charge in [0.05, 0.1) is 22.9 Å². The lowest BCUT2D eigenvalue weighted by Crippen LogP contribution is -2.31. The van der Waals surface area contributed by atoms with Crippen LogP contribution < -0.4 is 5.32 Å². The Hall–Kier alpha value is -2.62. The van der Waals surface area contributed by atoms with Crippen molar-refractivity contribution in [3.05, 3.63) is 33.7 Å². The molecule has 0 radical (unpaired) electrons. The standard InChI is InChI=1S/C13H14N8OS/c1-7-16-11-9(3-2-4-10(11)23-7)17-13(22)8-5-14-18-12(8)21-6-15-19-20-21/h5-6,9H,2-4H2,1H3,(H,14,18)(H,17,22). The summed E-state index contributed by atoms with van der Waals surface area (Å²) in [4.78, 5) is 18.5. The molecule has 1 atom stereocenters. The number of nitrogens with one attached hydrogen (secondary N) is 2. The number of carbonyl (C=O) groups is 1. The number of rotatable bonds is 3. The molecule has 1 aliphatic rings. The highest BCUT2D eigenvalue weighted by molar-refractivity contribution is 7.11. The molecule has 1 amide bonds. The number of aromatic nitrogens is 7. The number of hydrogen-bond acceptors (Lipinski definition) is 7. The zero-order valence-electron chi connectivity index (χ0n) is 12.4. The van der Waals surface area contributed by atoms with Gasteiger partial charge in [-0.1, -0.05) is 0 Å². The van der Waals surface area contributed by atoms with Gasteiger partial charge in [-0.2, -0.15) is 9.78 Å². The van der Waals surface area contributed by atoms with Gasteiger partial charge in [-0.15, -0.1) is 16.4 Å². The first kappa shape index (κ1) is 14.0. The first-order valence-electron chi connectivity index (χ1n) is 7.26. The molecule has 0 aliphatic heterocycles. The molecule has 3 heterocycles. The number of tetrazole rings is 1. The van der Waals surface area contributed by atoms with Crippen LogP contribution in [0.2, 0.25) is 0 Å². The average molecular weight is 330 g/mol. The number of carbonyl (C=O) groups excluding carboxylic acids is 1. The third kappa shape index (κ3) is 2.50. The van der Waals surface area contributed by atoms with Crippen molar-refractivity contribution in [3.63, 3.8) is 0 Å². The Balaban J connectivity index is 1.59. The summed E-state index contributed by atoms with van der Waals surface area (Å²) in [5, 5.41) is 21.7. The van der Waals surface area contributed by atoms with Crippen LogP contribution in [0, 0.1) is 6.92 Å². The fraction of sp³-hybridized carbons (Fsp3) is 0.385. The molecule has 10 heteroatoms. The molecule has 4 rings (SSSR count). The van der Waals surface area contributed by atoms with Gasteiger partial charge in [0.1, 0.15) is 11.9 Å². The molecule has 0 saturated heterocycles. The largest absolute Gasteiger partial charge is 0.343 e. The normalized spacial score (nSPS) is 17.0. The molecule has 3 aromatic heterocycles. The maximum atomic E-state index is 12.6. The van der Waals surface area contributed by atoms with Crippen LogP contribution in [0.5, 0.6) is 0 Å². The number of thiazole rings is 1. The predicted molar refractivity (Wildman–Crippen MR) is 81.3 cm³/mol. The van der Waals surface area contributed by atoms with Crippen molar-refractivity contribution >= 4 is 17.2 Å². The Morgan fingerprint density at radius 3 is 3.26 bits per heavy atom. The predicted octanol–water partition coefficient (Wildman–Crippen LogP) is 0.958. The average Bonchev–Trinajstić information content (AvgIpc) is 3.26. The van der Waals surface area contributed by atoms with Crippen LogP contribution in [0.4, 0.5) is 0 Å². The second-order valence-electron chi connectivity index (χ2n) is 5.35. The van der Waals surface area contributed by atoms with Gasteiger partial charge < -0.3 is 5.32 Å². The number of aromatic amines is 1. The van der Waals surface area contributed by atoms with Crippen molar-refractivity contribution in [1.29, 1.82) is 0 Å². The second-order valence-corrected chi connectivity index (χ2v) is 6.63. The van der Waals surface area contributed by atoms with Crippen LogP contribution in [-0.2, 0) is 6.42 Å². The second kappa shape index (κ2) is 5.54. The van der Waals surface area contributed by atoms with Crippen molar-refractivity contribution in [2.24, 2.45) is 0 Å². The first-order valence-corrected chi connectivity index (χ1v) is 8.08. The SMILES string of the molecule is Cc1nc2c(s1)CCCC2NC(=O)c1cn[nH]c1-n1cnnn1. The number of nitrogens with zero attached hydrogens (tertiary/aromatic N) is 6. The molecule has 0 saturated carbocycles.